The molecular weight excluding hydrogens is 226 g/mol. The number of carbonyl (C=O) groups is 1. The van der Waals surface area contributed by atoms with Gasteiger partial charge in [-0.05, 0) is 38.9 Å². The van der Waals surface area contributed by atoms with Crippen molar-refractivity contribution in [2.45, 2.75) is 46.1 Å². The highest BCUT2D eigenvalue weighted by Crippen LogP contribution is 2.16. The molecule has 0 spiro atoms. The van der Waals surface area contributed by atoms with Crippen LogP contribution in [0.2, 0.25) is 0 Å². The van der Waals surface area contributed by atoms with Gasteiger partial charge in [0.1, 0.15) is 0 Å². The van der Waals surface area contributed by atoms with Crippen molar-refractivity contribution in [3.63, 3.8) is 0 Å². The lowest BCUT2D eigenvalue weighted by molar-refractivity contribution is -0.131. The van der Waals surface area contributed by atoms with Gasteiger partial charge in [0, 0.05) is 19.1 Å². The first-order valence-electron chi connectivity index (χ1n) is 7.45. The van der Waals surface area contributed by atoms with Gasteiger partial charge in [-0.25, -0.2) is 0 Å². The van der Waals surface area contributed by atoms with Crippen molar-refractivity contribution in [1.82, 2.24) is 15.1 Å². The third-order valence-electron chi connectivity index (χ3n) is 3.85. The predicted molar refractivity (Wildman–Crippen MR) is 75.7 cm³/mol. The number of likely N-dealkylation sites (tertiary alicyclic amines) is 1. The Labute approximate surface area is 112 Å². The molecule has 1 aliphatic heterocycles. The minimum absolute atomic E-state index is 0.265. The first kappa shape index (κ1) is 15.4. The van der Waals surface area contributed by atoms with Gasteiger partial charge >= 0.3 is 0 Å². The van der Waals surface area contributed by atoms with Gasteiger partial charge in [-0.2, -0.15) is 0 Å². The van der Waals surface area contributed by atoms with Gasteiger partial charge in [0.05, 0.1) is 6.54 Å². The van der Waals surface area contributed by atoms with Crippen LogP contribution in [0.5, 0.6) is 0 Å². The molecular formula is C14H29N3O. The van der Waals surface area contributed by atoms with Crippen LogP contribution < -0.4 is 5.32 Å². The van der Waals surface area contributed by atoms with Crippen LogP contribution in [-0.2, 0) is 4.79 Å². The zero-order valence-corrected chi connectivity index (χ0v) is 12.2. The Morgan fingerprint density at radius 3 is 2.33 bits per heavy atom. The summed E-state index contributed by atoms with van der Waals surface area (Å²) in [5, 5.41) is 3.19. The fraction of sp³-hybridized carbons (Fsp3) is 0.929. The van der Waals surface area contributed by atoms with Gasteiger partial charge < -0.3 is 15.1 Å². The van der Waals surface area contributed by atoms with Gasteiger partial charge in [0.15, 0.2) is 0 Å². The van der Waals surface area contributed by atoms with Crippen LogP contribution in [0.25, 0.3) is 0 Å². The SMILES string of the molecule is CCCNCC(=O)N1CCC(N(CC)CC)CC1. The Balaban J connectivity index is 2.27. The molecule has 0 aromatic carbocycles. The largest absolute Gasteiger partial charge is 0.341 e. The smallest absolute Gasteiger partial charge is 0.236 e. The summed E-state index contributed by atoms with van der Waals surface area (Å²) in [6, 6.07) is 0.674. The third kappa shape index (κ3) is 4.58. The minimum Gasteiger partial charge on any atom is -0.341 e. The lowest BCUT2D eigenvalue weighted by atomic mass is 10.0. The van der Waals surface area contributed by atoms with E-state index in [4.69, 9.17) is 0 Å². The van der Waals surface area contributed by atoms with E-state index in [9.17, 15) is 4.79 Å². The zero-order valence-electron chi connectivity index (χ0n) is 12.2. The molecule has 1 fully saturated rings. The fourth-order valence-electron chi connectivity index (χ4n) is 2.70. The average Bonchev–Trinajstić information content (AvgIpc) is 2.41. The van der Waals surface area contributed by atoms with Gasteiger partial charge in [0.2, 0.25) is 5.91 Å². The van der Waals surface area contributed by atoms with Crippen LogP contribution in [0.4, 0.5) is 0 Å². The Kier molecular flexibility index (Phi) is 7.28. The van der Waals surface area contributed by atoms with Crippen molar-refractivity contribution in [3.05, 3.63) is 0 Å². The topological polar surface area (TPSA) is 35.6 Å². The van der Waals surface area contributed by atoms with E-state index in [2.05, 4.69) is 31.0 Å². The molecule has 0 unspecified atom stereocenters. The van der Waals surface area contributed by atoms with E-state index in [-0.39, 0.29) is 5.91 Å². The number of piperidine rings is 1. The van der Waals surface area contributed by atoms with Gasteiger partial charge in [-0.1, -0.05) is 20.8 Å². The quantitative estimate of drug-likeness (QED) is 0.697. The van der Waals surface area contributed by atoms with Crippen LogP contribution in [0.1, 0.15) is 40.0 Å². The number of nitrogens with zero attached hydrogens (tertiary/aromatic N) is 2. The Morgan fingerprint density at radius 2 is 1.83 bits per heavy atom. The molecule has 0 aromatic rings. The molecule has 0 saturated carbocycles. The fourth-order valence-corrected chi connectivity index (χ4v) is 2.70. The van der Waals surface area contributed by atoms with E-state index in [1.807, 2.05) is 4.90 Å². The van der Waals surface area contributed by atoms with Crippen LogP contribution in [0, 0.1) is 0 Å². The summed E-state index contributed by atoms with van der Waals surface area (Å²) in [6.45, 7) is 12.1. The van der Waals surface area contributed by atoms with Crippen molar-refractivity contribution >= 4 is 5.91 Å². The summed E-state index contributed by atoms with van der Waals surface area (Å²) in [6.07, 6.45) is 3.33. The maximum atomic E-state index is 11.9. The number of hydrogen-bond acceptors (Lipinski definition) is 3. The summed E-state index contributed by atoms with van der Waals surface area (Å²) in [4.78, 5) is 16.5. The van der Waals surface area contributed by atoms with E-state index >= 15 is 0 Å². The second kappa shape index (κ2) is 8.48. The van der Waals surface area contributed by atoms with Crippen molar-refractivity contribution in [3.8, 4) is 0 Å². The Hall–Kier alpha value is -0.610. The molecule has 1 aliphatic rings. The third-order valence-corrected chi connectivity index (χ3v) is 3.85. The van der Waals surface area contributed by atoms with Crippen LogP contribution in [0.15, 0.2) is 0 Å². The molecule has 4 nitrogen and oxygen atoms in total. The van der Waals surface area contributed by atoms with Crippen molar-refractivity contribution in [2.75, 3.05) is 39.3 Å². The van der Waals surface area contributed by atoms with Gasteiger partial charge in [-0.15, -0.1) is 0 Å². The van der Waals surface area contributed by atoms with Crippen LogP contribution >= 0.6 is 0 Å². The molecule has 18 heavy (non-hydrogen) atoms. The van der Waals surface area contributed by atoms with Crippen molar-refractivity contribution in [2.24, 2.45) is 0 Å². The summed E-state index contributed by atoms with van der Waals surface area (Å²) in [5.41, 5.74) is 0. The summed E-state index contributed by atoms with van der Waals surface area (Å²) in [7, 11) is 0. The Bertz CT molecular complexity index is 233. The second-order valence-corrected chi connectivity index (χ2v) is 5.01. The highest BCUT2D eigenvalue weighted by Gasteiger charge is 2.24. The number of rotatable bonds is 7. The highest BCUT2D eigenvalue weighted by molar-refractivity contribution is 5.78. The lowest BCUT2D eigenvalue weighted by Crippen LogP contribution is -2.48. The molecule has 1 rings (SSSR count). The van der Waals surface area contributed by atoms with E-state index in [0.717, 1.165) is 52.0 Å². The molecule has 1 heterocycles. The van der Waals surface area contributed by atoms with Gasteiger partial charge in [-0.3, -0.25) is 4.79 Å². The summed E-state index contributed by atoms with van der Waals surface area (Å²) in [5.74, 6) is 0.265. The van der Waals surface area contributed by atoms with E-state index in [1.54, 1.807) is 0 Å². The first-order valence-corrected chi connectivity index (χ1v) is 7.45. The predicted octanol–water partition coefficient (Wildman–Crippen LogP) is 1.32. The summed E-state index contributed by atoms with van der Waals surface area (Å²) >= 11 is 0. The molecule has 1 amide bonds. The molecule has 0 aliphatic carbocycles. The van der Waals surface area contributed by atoms with E-state index in [0.29, 0.717) is 12.6 Å². The van der Waals surface area contributed by atoms with Crippen LogP contribution in [0.3, 0.4) is 0 Å². The van der Waals surface area contributed by atoms with Gasteiger partial charge in [0.25, 0.3) is 0 Å². The molecule has 1 saturated heterocycles. The number of nitrogens with one attached hydrogen (secondary N) is 1. The molecule has 0 bridgehead atoms. The molecule has 4 heteroatoms. The second-order valence-electron chi connectivity index (χ2n) is 5.01. The lowest BCUT2D eigenvalue weighted by Gasteiger charge is -2.37. The molecule has 106 valence electrons. The Morgan fingerprint density at radius 1 is 1.22 bits per heavy atom. The number of hydrogen-bond donors (Lipinski definition) is 1. The molecule has 0 aromatic heterocycles. The van der Waals surface area contributed by atoms with Crippen molar-refractivity contribution < 1.29 is 4.79 Å². The highest BCUT2D eigenvalue weighted by atomic mass is 16.2. The standard InChI is InChI=1S/C14H29N3O/c1-4-9-15-12-14(18)17-10-7-13(8-11-17)16(5-2)6-3/h13,15H,4-12H2,1-3H3. The maximum Gasteiger partial charge on any atom is 0.236 e. The van der Waals surface area contributed by atoms with E-state index < -0.39 is 0 Å². The monoisotopic (exact) mass is 255 g/mol. The van der Waals surface area contributed by atoms with Crippen LogP contribution in [-0.4, -0.2) is 61.0 Å². The maximum absolute atomic E-state index is 11.9. The molecule has 1 N–H and O–H groups in total. The number of carbonyl (C=O) groups excluding carboxylic acids is 1. The number of amides is 1. The molecule has 0 radical (unpaired) electrons. The van der Waals surface area contributed by atoms with Crippen molar-refractivity contribution in [1.29, 1.82) is 0 Å². The summed E-state index contributed by atoms with van der Waals surface area (Å²) < 4.78 is 0. The molecule has 0 atom stereocenters. The normalized spacial score (nSPS) is 17.4. The van der Waals surface area contributed by atoms with E-state index in [1.165, 1.54) is 0 Å². The average molecular weight is 255 g/mol. The minimum atomic E-state index is 0.265. The first-order chi connectivity index (χ1) is 8.72. The zero-order chi connectivity index (χ0) is 13.4.